The minimum absolute atomic E-state index is 0.0619. The van der Waals surface area contributed by atoms with Gasteiger partial charge in [-0.15, -0.1) is 0 Å². The van der Waals surface area contributed by atoms with Crippen molar-refractivity contribution < 1.29 is 14.5 Å². The summed E-state index contributed by atoms with van der Waals surface area (Å²) in [5, 5.41) is 11.8. The number of nitrogens with one attached hydrogen (secondary N) is 1. The van der Waals surface area contributed by atoms with Crippen LogP contribution in [0.3, 0.4) is 0 Å². The molecule has 1 atom stereocenters. The first-order valence-corrected chi connectivity index (χ1v) is 9.43. The molecule has 1 aliphatic heterocycles. The highest BCUT2D eigenvalue weighted by Gasteiger charge is 2.39. The highest BCUT2D eigenvalue weighted by molar-refractivity contribution is 6.09. The van der Waals surface area contributed by atoms with Gasteiger partial charge in [0.2, 0.25) is 5.91 Å². The molecule has 8 nitrogen and oxygen atoms in total. The maximum absolute atomic E-state index is 13.1. The molecule has 2 amide bonds. The summed E-state index contributed by atoms with van der Waals surface area (Å²) in [6.07, 6.45) is 3.55. The molecule has 1 aliphatic rings. The van der Waals surface area contributed by atoms with Gasteiger partial charge in [0.15, 0.2) is 0 Å². The summed E-state index contributed by atoms with van der Waals surface area (Å²) in [5.41, 5.74) is 2.14. The summed E-state index contributed by atoms with van der Waals surface area (Å²) < 4.78 is 0. The molecule has 1 aromatic heterocycles. The summed E-state index contributed by atoms with van der Waals surface area (Å²) >= 11 is 0. The van der Waals surface area contributed by atoms with Crippen LogP contribution in [0.4, 0.5) is 5.69 Å². The van der Waals surface area contributed by atoms with Crippen LogP contribution >= 0.6 is 0 Å². The maximum atomic E-state index is 13.1. The van der Waals surface area contributed by atoms with Gasteiger partial charge in [-0.2, -0.15) is 0 Å². The summed E-state index contributed by atoms with van der Waals surface area (Å²) in [4.78, 5) is 42.9. The van der Waals surface area contributed by atoms with Gasteiger partial charge in [0.05, 0.1) is 15.8 Å². The van der Waals surface area contributed by atoms with E-state index in [4.69, 9.17) is 0 Å². The van der Waals surface area contributed by atoms with E-state index in [9.17, 15) is 19.7 Å². The second kappa shape index (κ2) is 7.47. The lowest BCUT2D eigenvalue weighted by atomic mass is 10.00. The summed E-state index contributed by atoms with van der Waals surface area (Å²) in [6, 6.07) is 13.6. The predicted molar refractivity (Wildman–Crippen MR) is 112 cm³/mol. The van der Waals surface area contributed by atoms with Gasteiger partial charge in [-0.3, -0.25) is 19.7 Å². The van der Waals surface area contributed by atoms with Gasteiger partial charge in [-0.05, 0) is 17.7 Å². The first-order chi connectivity index (χ1) is 14.4. The number of carbonyl (C=O) groups excluding carboxylic acids is 2. The van der Waals surface area contributed by atoms with Crippen molar-refractivity contribution in [3.8, 4) is 0 Å². The maximum Gasteiger partial charge on any atom is 0.279 e. The molecule has 0 bridgehead atoms. The molecule has 1 N–H and O–H groups in total. The Morgan fingerprint density at radius 2 is 1.83 bits per heavy atom. The number of benzene rings is 2. The van der Waals surface area contributed by atoms with Crippen LogP contribution in [0.5, 0.6) is 0 Å². The van der Waals surface area contributed by atoms with Crippen LogP contribution in [-0.4, -0.2) is 51.7 Å². The van der Waals surface area contributed by atoms with Crippen molar-refractivity contribution in [2.45, 2.75) is 12.5 Å². The molecule has 0 radical (unpaired) electrons. The topological polar surface area (TPSA) is 99.6 Å². The summed E-state index contributed by atoms with van der Waals surface area (Å²) in [7, 11) is 3.16. The number of hydrogen-bond donors (Lipinski definition) is 1. The van der Waals surface area contributed by atoms with Crippen LogP contribution in [0.1, 0.15) is 11.1 Å². The van der Waals surface area contributed by atoms with E-state index in [-0.39, 0.29) is 23.2 Å². The first-order valence-electron chi connectivity index (χ1n) is 9.43. The highest BCUT2D eigenvalue weighted by Crippen LogP contribution is 2.31. The van der Waals surface area contributed by atoms with E-state index in [1.54, 1.807) is 32.4 Å². The Kier molecular flexibility index (Phi) is 4.83. The quantitative estimate of drug-likeness (QED) is 0.410. The van der Waals surface area contributed by atoms with Gasteiger partial charge < -0.3 is 14.8 Å². The van der Waals surface area contributed by atoms with Crippen LogP contribution in [0.15, 0.2) is 60.4 Å². The molecule has 1 fully saturated rings. The van der Waals surface area contributed by atoms with Gasteiger partial charge in [-0.1, -0.05) is 36.4 Å². The molecule has 0 aliphatic carbocycles. The number of nitro groups is 1. The lowest BCUT2D eigenvalue weighted by Crippen LogP contribution is -2.56. The molecular weight excluding hydrogens is 384 g/mol. The van der Waals surface area contributed by atoms with E-state index >= 15 is 0 Å². The fraction of sp³-hybridized carbons (Fsp3) is 0.182. The Balaban J connectivity index is 1.72. The lowest BCUT2D eigenvalue weighted by Gasteiger charge is -2.38. The SMILES string of the molecule is CN1C(=O)C(Cc2ccccc2)N(C)C(=O)/C1=C/c1c[nH]c2cccc([N+](=O)[O-])c12. The van der Waals surface area contributed by atoms with Crippen LogP contribution in [-0.2, 0) is 16.0 Å². The second-order valence-corrected chi connectivity index (χ2v) is 7.25. The van der Waals surface area contributed by atoms with Crippen molar-refractivity contribution in [2.75, 3.05) is 14.1 Å². The van der Waals surface area contributed by atoms with Crippen LogP contribution in [0, 0.1) is 10.1 Å². The third-order valence-corrected chi connectivity index (χ3v) is 5.46. The molecule has 1 saturated heterocycles. The number of likely N-dealkylation sites (N-methyl/N-ethyl adjacent to an activating group) is 2. The van der Waals surface area contributed by atoms with Crippen molar-refractivity contribution in [3.05, 3.63) is 81.7 Å². The zero-order valence-corrected chi connectivity index (χ0v) is 16.5. The number of amides is 2. The Hall–Kier alpha value is -3.94. The smallest absolute Gasteiger partial charge is 0.279 e. The van der Waals surface area contributed by atoms with Crippen molar-refractivity contribution in [2.24, 2.45) is 0 Å². The molecule has 30 heavy (non-hydrogen) atoms. The van der Waals surface area contributed by atoms with Gasteiger partial charge in [-0.25, -0.2) is 0 Å². The third-order valence-electron chi connectivity index (χ3n) is 5.46. The average Bonchev–Trinajstić information content (AvgIpc) is 3.16. The fourth-order valence-electron chi connectivity index (χ4n) is 3.80. The monoisotopic (exact) mass is 404 g/mol. The second-order valence-electron chi connectivity index (χ2n) is 7.25. The normalized spacial score (nSPS) is 18.5. The van der Waals surface area contributed by atoms with Gasteiger partial charge in [0.25, 0.3) is 11.6 Å². The van der Waals surface area contributed by atoms with E-state index < -0.39 is 11.0 Å². The molecule has 3 aromatic rings. The number of piperazine rings is 1. The highest BCUT2D eigenvalue weighted by atomic mass is 16.6. The summed E-state index contributed by atoms with van der Waals surface area (Å²) in [5.74, 6) is -0.521. The lowest BCUT2D eigenvalue weighted by molar-refractivity contribution is -0.383. The third kappa shape index (κ3) is 3.22. The molecule has 0 spiro atoms. The number of fused-ring (bicyclic) bond motifs is 1. The number of rotatable bonds is 4. The number of hydrogen-bond acceptors (Lipinski definition) is 4. The van der Waals surface area contributed by atoms with Crippen molar-refractivity contribution >= 4 is 34.5 Å². The molecule has 4 rings (SSSR count). The molecule has 8 heteroatoms. The fourth-order valence-corrected chi connectivity index (χ4v) is 3.80. The molecule has 2 heterocycles. The van der Waals surface area contributed by atoms with E-state index in [1.165, 1.54) is 21.9 Å². The van der Waals surface area contributed by atoms with E-state index in [0.29, 0.717) is 22.9 Å². The van der Waals surface area contributed by atoms with Crippen LogP contribution in [0.2, 0.25) is 0 Å². The molecule has 2 aromatic carbocycles. The predicted octanol–water partition coefficient (Wildman–Crippen LogP) is 2.96. The number of aromatic amines is 1. The Bertz CT molecular complexity index is 1180. The number of nitro benzene ring substituents is 1. The molecule has 152 valence electrons. The van der Waals surface area contributed by atoms with Crippen molar-refractivity contribution in [3.63, 3.8) is 0 Å². The number of nitrogens with zero attached hydrogens (tertiary/aromatic N) is 3. The summed E-state index contributed by atoms with van der Waals surface area (Å²) in [6.45, 7) is 0. The average molecular weight is 404 g/mol. The number of carbonyl (C=O) groups is 2. The van der Waals surface area contributed by atoms with Gasteiger partial charge in [0.1, 0.15) is 11.7 Å². The molecular formula is C22H20N4O4. The molecule has 0 saturated carbocycles. The largest absolute Gasteiger partial charge is 0.360 e. The number of aromatic nitrogens is 1. The van der Waals surface area contributed by atoms with E-state index in [2.05, 4.69) is 4.98 Å². The first kappa shape index (κ1) is 19.4. The van der Waals surface area contributed by atoms with Crippen molar-refractivity contribution in [1.82, 2.24) is 14.8 Å². The number of non-ortho nitro benzene ring substituents is 1. The van der Waals surface area contributed by atoms with E-state index in [0.717, 1.165) is 5.56 Å². The molecule has 1 unspecified atom stereocenters. The Labute approximate surface area is 172 Å². The van der Waals surface area contributed by atoms with Crippen LogP contribution < -0.4 is 0 Å². The zero-order valence-electron chi connectivity index (χ0n) is 16.5. The van der Waals surface area contributed by atoms with Crippen LogP contribution in [0.25, 0.3) is 17.0 Å². The standard InChI is InChI=1S/C22H20N4O4/c1-24-18(11-14-7-4-3-5-8-14)21(27)25(2)19(22(24)28)12-15-13-23-16-9-6-10-17(20(15)16)26(29)30/h3-10,12-13,18,23H,11H2,1-2H3/b19-12-. The Morgan fingerprint density at radius 1 is 1.10 bits per heavy atom. The van der Waals surface area contributed by atoms with E-state index in [1.807, 2.05) is 30.3 Å². The zero-order chi connectivity index (χ0) is 21.4. The number of H-pyrrole nitrogens is 1. The Morgan fingerprint density at radius 3 is 2.53 bits per heavy atom. The minimum Gasteiger partial charge on any atom is -0.360 e. The minimum atomic E-state index is -0.612. The van der Waals surface area contributed by atoms with Gasteiger partial charge >= 0.3 is 0 Å². The van der Waals surface area contributed by atoms with Crippen molar-refractivity contribution in [1.29, 1.82) is 0 Å². The van der Waals surface area contributed by atoms with Gasteiger partial charge in [0, 0.05) is 38.3 Å².